The van der Waals surface area contributed by atoms with Crippen LogP contribution in [0, 0.1) is 0 Å². The molecule has 230 valence electrons. The molecule has 14 heteroatoms. The minimum absolute atomic E-state index is 0.000332. The maximum absolute atomic E-state index is 11.5. The van der Waals surface area contributed by atoms with E-state index in [9.17, 15) is 9.90 Å². The van der Waals surface area contributed by atoms with Crippen molar-refractivity contribution >= 4 is 50.9 Å². The van der Waals surface area contributed by atoms with Gasteiger partial charge in [0, 0.05) is 31.1 Å². The number of aliphatic hydroxyl groups is 1. The van der Waals surface area contributed by atoms with Gasteiger partial charge in [0.1, 0.15) is 25.1 Å². The number of aliphatic hydroxyl groups excluding tert-OH is 1. The summed E-state index contributed by atoms with van der Waals surface area (Å²) in [6.07, 6.45) is -0.947. The summed E-state index contributed by atoms with van der Waals surface area (Å²) in [4.78, 5) is 12.5. The van der Waals surface area contributed by atoms with Crippen molar-refractivity contribution in [2.45, 2.75) is 71.7 Å². The highest BCUT2D eigenvalue weighted by atomic mass is 28.5. The molecule has 0 bridgehead atoms. The second-order valence-corrected chi connectivity index (χ2v) is 24.9. The predicted molar refractivity (Wildman–Crippen MR) is 171 cm³/mol. The van der Waals surface area contributed by atoms with Crippen LogP contribution >= 0.6 is 0 Å². The number of carbonyl (C=O) groups excluding carboxylic acids is 1. The Morgan fingerprint density at radius 1 is 0.951 bits per heavy atom. The van der Waals surface area contributed by atoms with Gasteiger partial charge in [-0.3, -0.25) is 0 Å². The van der Waals surface area contributed by atoms with Crippen molar-refractivity contribution in [3.05, 3.63) is 53.4 Å². The number of hydrogen-bond acceptors (Lipinski definition) is 9. The summed E-state index contributed by atoms with van der Waals surface area (Å²) in [5.74, 6) is 0.125. The van der Waals surface area contributed by atoms with Gasteiger partial charge in [-0.15, -0.1) is 6.58 Å². The summed E-state index contributed by atoms with van der Waals surface area (Å²) in [6.45, 7) is 25.4. The highest BCUT2D eigenvalue weighted by molar-refractivity contribution is 6.94. The molecule has 41 heavy (non-hydrogen) atoms. The summed E-state index contributed by atoms with van der Waals surface area (Å²) in [5.41, 5.74) is 1.94. The van der Waals surface area contributed by atoms with Gasteiger partial charge in [0.05, 0.1) is 0 Å². The minimum atomic E-state index is -2.80. The average Bonchev–Trinajstić information content (AvgIpc) is 2.89. The zero-order valence-corrected chi connectivity index (χ0v) is 31.0. The molecule has 0 aromatic heterocycles. The Morgan fingerprint density at radius 2 is 1.54 bits per heavy atom. The van der Waals surface area contributed by atoms with Crippen LogP contribution in [0.1, 0.15) is 33.3 Å². The fourth-order valence-electron chi connectivity index (χ4n) is 3.49. The molecule has 1 aromatic rings. The quantitative estimate of drug-likeness (QED) is 0.111. The average molecular weight is 657 g/mol. The van der Waals surface area contributed by atoms with Gasteiger partial charge in [0.2, 0.25) is 19.5 Å². The molecule has 0 saturated heterocycles. The van der Waals surface area contributed by atoms with Crippen molar-refractivity contribution in [2.24, 2.45) is 0 Å². The van der Waals surface area contributed by atoms with Crippen LogP contribution in [0.3, 0.4) is 0 Å². The van der Waals surface area contributed by atoms with Crippen LogP contribution in [-0.4, -0.2) is 95.2 Å². The van der Waals surface area contributed by atoms with E-state index in [1.54, 1.807) is 6.92 Å². The van der Waals surface area contributed by atoms with Gasteiger partial charge in [0.25, 0.3) is 0 Å². The minimum Gasteiger partial charge on any atom is -0.490 e. The van der Waals surface area contributed by atoms with Crippen molar-refractivity contribution in [1.82, 2.24) is 0 Å². The van der Waals surface area contributed by atoms with Crippen LogP contribution in [0.2, 0.25) is 31.9 Å². The maximum atomic E-state index is 11.5. The Hall–Kier alpha value is -1.19. The molecule has 9 nitrogen and oxygen atoms in total. The summed E-state index contributed by atoms with van der Waals surface area (Å²) < 4.78 is 41.9. The van der Waals surface area contributed by atoms with Gasteiger partial charge in [-0.25, -0.2) is 4.79 Å². The van der Waals surface area contributed by atoms with E-state index in [0.29, 0.717) is 37.3 Å². The number of hydrogen-bond donors (Lipinski definition) is 1. The number of esters is 1. The van der Waals surface area contributed by atoms with Gasteiger partial charge < -0.3 is 36.1 Å². The Kier molecular flexibility index (Phi) is 17.0. The Bertz CT molecular complexity index is 957. The summed E-state index contributed by atoms with van der Waals surface area (Å²) >= 11 is 0. The van der Waals surface area contributed by atoms with E-state index in [0.717, 1.165) is 10.4 Å². The molecule has 0 heterocycles. The molecule has 0 aliphatic rings. The lowest BCUT2D eigenvalue weighted by Gasteiger charge is -2.35. The predicted octanol–water partition coefficient (Wildman–Crippen LogP) is 4.37. The molecule has 0 aliphatic heterocycles. The molecule has 0 aliphatic carbocycles. The molecule has 1 N–H and O–H groups in total. The lowest BCUT2D eigenvalue weighted by atomic mass is 10.2. The van der Waals surface area contributed by atoms with E-state index in [-0.39, 0.29) is 38.3 Å². The number of benzene rings is 1. The maximum Gasteiger partial charge on any atom is 0.500 e. The van der Waals surface area contributed by atoms with E-state index < -0.39 is 37.5 Å². The molecule has 1 atom stereocenters. The van der Waals surface area contributed by atoms with E-state index in [2.05, 4.69) is 39.3 Å². The van der Waals surface area contributed by atoms with E-state index in [1.165, 1.54) is 0 Å². The van der Waals surface area contributed by atoms with Crippen LogP contribution in [0.15, 0.2) is 47.8 Å². The van der Waals surface area contributed by atoms with Crippen molar-refractivity contribution < 1.29 is 40.9 Å². The first kappa shape index (κ1) is 37.8. The number of rotatable bonds is 22. The van der Waals surface area contributed by atoms with Crippen molar-refractivity contribution in [3.63, 3.8) is 0 Å². The molecular formula is C27H48O9Si5. The van der Waals surface area contributed by atoms with Crippen molar-refractivity contribution in [3.8, 4) is 5.75 Å². The molecular weight excluding hydrogens is 609 g/mol. The van der Waals surface area contributed by atoms with Crippen LogP contribution in [0.25, 0.3) is 0 Å². The van der Waals surface area contributed by atoms with Crippen LogP contribution in [0.4, 0.5) is 0 Å². The van der Waals surface area contributed by atoms with Gasteiger partial charge in [-0.1, -0.05) is 24.8 Å². The molecule has 1 rings (SSSR count). The van der Waals surface area contributed by atoms with E-state index >= 15 is 0 Å². The lowest BCUT2D eigenvalue weighted by Crippen LogP contribution is -2.54. The highest BCUT2D eigenvalue weighted by Crippen LogP contribution is 2.26. The zero-order chi connectivity index (χ0) is 31.1. The Morgan fingerprint density at radius 3 is 2.10 bits per heavy atom. The van der Waals surface area contributed by atoms with Gasteiger partial charge >= 0.3 is 14.8 Å². The number of carbonyl (C=O) groups is 1. The smallest absolute Gasteiger partial charge is 0.490 e. The second-order valence-electron chi connectivity index (χ2n) is 10.5. The fourth-order valence-corrected chi connectivity index (χ4v) is 17.6. The van der Waals surface area contributed by atoms with Crippen LogP contribution < -0.4 is 4.74 Å². The Balaban J connectivity index is 2.66. The number of ether oxygens (including phenoxy) is 2. The molecule has 0 fully saturated rings. The summed E-state index contributed by atoms with van der Waals surface area (Å²) in [6, 6.07) is 8.31. The molecule has 4 radical (unpaired) electrons. The zero-order valence-electron chi connectivity index (χ0n) is 26.0. The first-order chi connectivity index (χ1) is 19.2. The second kappa shape index (κ2) is 18.5. The summed E-state index contributed by atoms with van der Waals surface area (Å²) in [5, 5.41) is 10.1. The van der Waals surface area contributed by atoms with E-state index in [1.807, 2.05) is 45.0 Å². The third kappa shape index (κ3) is 14.2. The third-order valence-electron chi connectivity index (χ3n) is 5.66. The van der Waals surface area contributed by atoms with Crippen molar-refractivity contribution in [1.29, 1.82) is 0 Å². The topological polar surface area (TPSA) is 102 Å². The standard InChI is InChI=1S/C27H48O9Si5/c1-11-32-41(33-12-2,34-13-3)21-39(7,8)36-38-23(6)40(9,10)35-37-20-24-16-14-15-17-26(24)30-18-25(28)19-31-27(29)22(4)5/h14-17,25,28H,4,6,11-13,18-21H2,1-3,5,7-10H3. The number of para-hydroxylation sites is 1. The normalized spacial score (nSPS) is 13.1. The summed E-state index contributed by atoms with van der Waals surface area (Å²) in [7, 11) is -6.87. The monoisotopic (exact) mass is 656 g/mol. The molecule has 0 amide bonds. The van der Waals surface area contributed by atoms with Crippen LogP contribution in [-0.2, 0) is 37.1 Å². The van der Waals surface area contributed by atoms with E-state index in [4.69, 9.17) is 31.0 Å². The van der Waals surface area contributed by atoms with Crippen molar-refractivity contribution in [2.75, 3.05) is 33.0 Å². The first-order valence-corrected chi connectivity index (χ1v) is 23.9. The molecule has 1 aromatic carbocycles. The first-order valence-electron chi connectivity index (χ1n) is 13.9. The Labute approximate surface area is 255 Å². The lowest BCUT2D eigenvalue weighted by molar-refractivity contribution is -0.142. The molecule has 1 unspecified atom stereocenters. The molecule has 0 spiro atoms. The molecule has 0 saturated carbocycles. The highest BCUT2D eigenvalue weighted by Gasteiger charge is 2.47. The van der Waals surface area contributed by atoms with Gasteiger partial charge in [-0.2, -0.15) is 0 Å². The SMILES string of the molecule is C=C(C)C(=O)OCC(O)COc1ccccc1C[Si]O[Si](C)(C)C(=C)[Si]O[Si](C)(C)C[Si](OCC)(OCC)OCC. The third-order valence-corrected chi connectivity index (χ3v) is 22.6. The van der Waals surface area contributed by atoms with Crippen LogP contribution in [0.5, 0.6) is 5.75 Å². The van der Waals surface area contributed by atoms with Gasteiger partial charge in [-0.05, 0) is 76.4 Å². The van der Waals surface area contributed by atoms with Gasteiger partial charge in [0.15, 0.2) is 16.6 Å². The fraction of sp³-hybridized carbons (Fsp3) is 0.593. The largest absolute Gasteiger partial charge is 0.500 e.